The summed E-state index contributed by atoms with van der Waals surface area (Å²) in [5.74, 6) is 1.56. The van der Waals surface area contributed by atoms with Gasteiger partial charge in [-0.3, -0.25) is 4.99 Å². The van der Waals surface area contributed by atoms with Crippen molar-refractivity contribution in [2.24, 2.45) is 10.9 Å². The summed E-state index contributed by atoms with van der Waals surface area (Å²) in [7, 11) is 1.86. The number of benzene rings is 1. The Bertz CT molecular complexity index is 995. The topological polar surface area (TPSA) is 63.3 Å². The molecule has 31 heavy (non-hydrogen) atoms. The number of hydrogen-bond donors (Lipinski definition) is 1. The minimum absolute atomic E-state index is 0. The summed E-state index contributed by atoms with van der Waals surface area (Å²) in [6, 6.07) is 10.7. The van der Waals surface area contributed by atoms with E-state index >= 15 is 0 Å². The number of nitrogens with one attached hydrogen (secondary N) is 1. The Kier molecular flexibility index (Phi) is 7.74. The van der Waals surface area contributed by atoms with Gasteiger partial charge in [-0.05, 0) is 38.3 Å². The Hall–Kier alpha value is -2.36. The molecule has 1 fully saturated rings. The summed E-state index contributed by atoms with van der Waals surface area (Å²) < 4.78 is 4.25. The van der Waals surface area contributed by atoms with Gasteiger partial charge in [0.2, 0.25) is 0 Å². The molecule has 0 spiro atoms. The molecule has 0 radical (unpaired) electrons. The molecule has 0 aliphatic carbocycles. The SMILES string of the molecule is CN=C(NCc1c(C)nn(-c2ccccc2)c1C)N1CCC(C)C(n2ccnc2)C1.I. The number of piperidine rings is 1. The summed E-state index contributed by atoms with van der Waals surface area (Å²) >= 11 is 0. The maximum atomic E-state index is 4.77. The fraction of sp³-hybridized carbons (Fsp3) is 0.435. The average molecular weight is 533 g/mol. The third-order valence-corrected chi connectivity index (χ3v) is 6.20. The van der Waals surface area contributed by atoms with Crippen molar-refractivity contribution in [2.45, 2.75) is 39.8 Å². The van der Waals surface area contributed by atoms with Gasteiger partial charge in [0.15, 0.2) is 5.96 Å². The minimum atomic E-state index is 0. The van der Waals surface area contributed by atoms with E-state index in [0.29, 0.717) is 18.5 Å². The quantitative estimate of drug-likeness (QED) is 0.314. The molecule has 0 amide bonds. The van der Waals surface area contributed by atoms with E-state index in [9.17, 15) is 0 Å². The van der Waals surface area contributed by atoms with Crippen molar-refractivity contribution in [2.75, 3.05) is 20.1 Å². The Labute approximate surface area is 201 Å². The number of para-hydroxylation sites is 1. The minimum Gasteiger partial charge on any atom is -0.352 e. The fourth-order valence-electron chi connectivity index (χ4n) is 4.35. The second kappa shape index (κ2) is 10.3. The van der Waals surface area contributed by atoms with Crippen LogP contribution in [-0.4, -0.2) is 50.3 Å². The van der Waals surface area contributed by atoms with E-state index in [4.69, 9.17) is 5.10 Å². The van der Waals surface area contributed by atoms with Crippen LogP contribution >= 0.6 is 24.0 Å². The Morgan fingerprint density at radius 2 is 2.00 bits per heavy atom. The normalized spacial score (nSPS) is 19.2. The number of imidazole rings is 1. The molecule has 2 aromatic heterocycles. The van der Waals surface area contributed by atoms with Crippen molar-refractivity contribution in [3.63, 3.8) is 0 Å². The number of aryl methyl sites for hydroxylation is 1. The number of aromatic nitrogens is 4. The van der Waals surface area contributed by atoms with E-state index in [0.717, 1.165) is 42.5 Å². The van der Waals surface area contributed by atoms with Gasteiger partial charge in [-0.1, -0.05) is 25.1 Å². The highest BCUT2D eigenvalue weighted by molar-refractivity contribution is 14.0. The standard InChI is InChI=1S/C23H31N7.HI/c1-17-10-12-28(15-22(17)29-13-11-25-16-29)23(24-4)26-14-21-18(2)27-30(19(21)3)20-8-6-5-7-9-20;/h5-9,11,13,16-17,22H,10,12,14-15H2,1-4H3,(H,24,26);1H. The lowest BCUT2D eigenvalue weighted by molar-refractivity contribution is 0.189. The Morgan fingerprint density at radius 3 is 2.68 bits per heavy atom. The van der Waals surface area contributed by atoms with Gasteiger partial charge in [0.25, 0.3) is 0 Å². The fourth-order valence-corrected chi connectivity index (χ4v) is 4.35. The third-order valence-electron chi connectivity index (χ3n) is 6.20. The largest absolute Gasteiger partial charge is 0.352 e. The molecule has 166 valence electrons. The third kappa shape index (κ3) is 4.94. The highest BCUT2D eigenvalue weighted by Gasteiger charge is 2.29. The number of halogens is 1. The summed E-state index contributed by atoms with van der Waals surface area (Å²) in [5, 5.41) is 8.35. The van der Waals surface area contributed by atoms with Crippen LogP contribution in [0, 0.1) is 19.8 Å². The number of hydrogen-bond acceptors (Lipinski definition) is 3. The average Bonchev–Trinajstić information content (AvgIpc) is 3.39. The van der Waals surface area contributed by atoms with Crippen molar-refractivity contribution in [1.82, 2.24) is 29.5 Å². The molecule has 1 N–H and O–H groups in total. The van der Waals surface area contributed by atoms with Crippen LogP contribution in [0.15, 0.2) is 54.0 Å². The maximum Gasteiger partial charge on any atom is 0.193 e. The first kappa shape index (κ1) is 23.3. The Balaban J connectivity index is 0.00000272. The maximum absolute atomic E-state index is 4.77. The second-order valence-electron chi connectivity index (χ2n) is 8.09. The number of likely N-dealkylation sites (tertiary alicyclic amines) is 1. The molecular formula is C23H32IN7. The molecule has 3 aromatic rings. The zero-order valence-electron chi connectivity index (χ0n) is 18.7. The molecule has 1 aromatic carbocycles. The van der Waals surface area contributed by atoms with E-state index in [2.05, 4.69) is 63.9 Å². The van der Waals surface area contributed by atoms with E-state index in [1.165, 1.54) is 5.56 Å². The molecule has 1 aliphatic heterocycles. The van der Waals surface area contributed by atoms with Crippen LogP contribution in [0.4, 0.5) is 0 Å². The molecular weight excluding hydrogens is 501 g/mol. The lowest BCUT2D eigenvalue weighted by Crippen LogP contribution is -2.48. The van der Waals surface area contributed by atoms with Gasteiger partial charge in [-0.15, -0.1) is 24.0 Å². The van der Waals surface area contributed by atoms with Crippen LogP contribution in [0.2, 0.25) is 0 Å². The van der Waals surface area contributed by atoms with Gasteiger partial charge in [-0.2, -0.15) is 5.10 Å². The number of rotatable bonds is 4. The molecule has 2 unspecified atom stereocenters. The summed E-state index contributed by atoms with van der Waals surface area (Å²) in [6.45, 7) is 9.17. The van der Waals surface area contributed by atoms with Gasteiger partial charge >= 0.3 is 0 Å². The van der Waals surface area contributed by atoms with Gasteiger partial charge in [-0.25, -0.2) is 9.67 Å². The lowest BCUT2D eigenvalue weighted by Gasteiger charge is -2.39. The van der Waals surface area contributed by atoms with E-state index < -0.39 is 0 Å². The van der Waals surface area contributed by atoms with Crippen LogP contribution in [0.1, 0.15) is 36.3 Å². The molecule has 1 saturated heterocycles. The number of nitrogens with zero attached hydrogens (tertiary/aromatic N) is 6. The molecule has 3 heterocycles. The molecule has 0 saturated carbocycles. The van der Waals surface area contributed by atoms with Crippen molar-refractivity contribution >= 4 is 29.9 Å². The predicted octanol–water partition coefficient (Wildman–Crippen LogP) is 3.96. The van der Waals surface area contributed by atoms with E-state index in [1.807, 2.05) is 42.5 Å². The van der Waals surface area contributed by atoms with Crippen molar-refractivity contribution in [1.29, 1.82) is 0 Å². The highest BCUT2D eigenvalue weighted by atomic mass is 127. The highest BCUT2D eigenvalue weighted by Crippen LogP contribution is 2.27. The zero-order chi connectivity index (χ0) is 21.1. The molecule has 0 bridgehead atoms. The molecule has 2 atom stereocenters. The zero-order valence-corrected chi connectivity index (χ0v) is 21.0. The summed E-state index contributed by atoms with van der Waals surface area (Å²) in [5.41, 5.74) is 4.51. The lowest BCUT2D eigenvalue weighted by atomic mass is 9.93. The van der Waals surface area contributed by atoms with Crippen LogP contribution in [0.25, 0.3) is 5.69 Å². The molecule has 1 aliphatic rings. The first-order valence-electron chi connectivity index (χ1n) is 10.6. The smallest absolute Gasteiger partial charge is 0.193 e. The Morgan fingerprint density at radius 1 is 1.23 bits per heavy atom. The van der Waals surface area contributed by atoms with Gasteiger partial charge in [0.05, 0.1) is 23.8 Å². The van der Waals surface area contributed by atoms with E-state index in [1.54, 1.807) is 0 Å². The predicted molar refractivity (Wildman–Crippen MR) is 135 cm³/mol. The van der Waals surface area contributed by atoms with Gasteiger partial charge < -0.3 is 14.8 Å². The molecule has 7 nitrogen and oxygen atoms in total. The number of aliphatic imine (C=N–C) groups is 1. The first-order valence-corrected chi connectivity index (χ1v) is 10.6. The van der Waals surface area contributed by atoms with Crippen LogP contribution in [-0.2, 0) is 6.54 Å². The second-order valence-corrected chi connectivity index (χ2v) is 8.09. The van der Waals surface area contributed by atoms with Crippen LogP contribution in [0.5, 0.6) is 0 Å². The summed E-state index contributed by atoms with van der Waals surface area (Å²) in [6.07, 6.45) is 6.97. The van der Waals surface area contributed by atoms with Gasteiger partial charge in [0, 0.05) is 50.3 Å². The monoisotopic (exact) mass is 533 g/mol. The van der Waals surface area contributed by atoms with Crippen LogP contribution in [0.3, 0.4) is 0 Å². The van der Waals surface area contributed by atoms with Gasteiger partial charge in [0.1, 0.15) is 0 Å². The first-order chi connectivity index (χ1) is 14.6. The van der Waals surface area contributed by atoms with Crippen LogP contribution < -0.4 is 5.32 Å². The van der Waals surface area contributed by atoms with Crippen molar-refractivity contribution < 1.29 is 0 Å². The van der Waals surface area contributed by atoms with Crippen molar-refractivity contribution in [3.8, 4) is 5.69 Å². The molecule has 8 heteroatoms. The summed E-state index contributed by atoms with van der Waals surface area (Å²) in [4.78, 5) is 11.2. The van der Waals surface area contributed by atoms with Crippen molar-refractivity contribution in [3.05, 3.63) is 66.0 Å². The van der Waals surface area contributed by atoms with E-state index in [-0.39, 0.29) is 24.0 Å². The number of guanidine groups is 1. The molecule has 4 rings (SSSR count).